The van der Waals surface area contributed by atoms with Crippen LogP contribution in [0, 0.1) is 0 Å². The normalized spacial score (nSPS) is 15.0. The van der Waals surface area contributed by atoms with Crippen LogP contribution in [0.2, 0.25) is 0 Å². The standard InChI is InChI=1S/C16H21N3O4S/c1-21-8-9-23-11-15(20)17-12-2-3-13-14(10-12)24-16(18-13)19-4-6-22-7-5-19/h2-3,10H,4-9,11H2,1H3,(H,17,20). The highest BCUT2D eigenvalue weighted by Crippen LogP contribution is 2.31. The molecule has 1 N–H and O–H groups in total. The summed E-state index contributed by atoms with van der Waals surface area (Å²) >= 11 is 1.63. The Hall–Kier alpha value is -1.74. The number of anilines is 2. The third-order valence-corrected chi connectivity index (χ3v) is 4.69. The summed E-state index contributed by atoms with van der Waals surface area (Å²) in [5, 5.41) is 3.84. The highest BCUT2D eigenvalue weighted by Gasteiger charge is 2.15. The minimum absolute atomic E-state index is 0.0170. The van der Waals surface area contributed by atoms with Crippen LogP contribution in [0.25, 0.3) is 10.2 Å². The van der Waals surface area contributed by atoms with Crippen molar-refractivity contribution in [2.45, 2.75) is 0 Å². The van der Waals surface area contributed by atoms with Gasteiger partial charge in [0, 0.05) is 25.9 Å². The molecule has 7 nitrogen and oxygen atoms in total. The van der Waals surface area contributed by atoms with Gasteiger partial charge in [-0.25, -0.2) is 4.98 Å². The maximum Gasteiger partial charge on any atom is 0.250 e. The van der Waals surface area contributed by atoms with E-state index >= 15 is 0 Å². The predicted molar refractivity (Wildman–Crippen MR) is 94.0 cm³/mol. The van der Waals surface area contributed by atoms with E-state index in [4.69, 9.17) is 14.2 Å². The van der Waals surface area contributed by atoms with Gasteiger partial charge in [0.25, 0.3) is 0 Å². The van der Waals surface area contributed by atoms with Gasteiger partial charge in [0.05, 0.1) is 36.6 Å². The molecule has 1 saturated heterocycles. The van der Waals surface area contributed by atoms with Crippen molar-refractivity contribution >= 4 is 38.3 Å². The highest BCUT2D eigenvalue weighted by atomic mass is 32.1. The first kappa shape index (κ1) is 17.1. The van der Waals surface area contributed by atoms with Crippen molar-refractivity contribution in [3.8, 4) is 0 Å². The molecule has 1 aliphatic rings. The number of carbonyl (C=O) groups is 1. The number of amides is 1. The van der Waals surface area contributed by atoms with E-state index in [9.17, 15) is 4.79 Å². The number of hydrogen-bond acceptors (Lipinski definition) is 7. The van der Waals surface area contributed by atoms with E-state index in [0.29, 0.717) is 13.2 Å². The summed E-state index contributed by atoms with van der Waals surface area (Å²) < 4.78 is 16.5. The van der Waals surface area contributed by atoms with Crippen molar-refractivity contribution in [2.24, 2.45) is 0 Å². The number of benzene rings is 1. The van der Waals surface area contributed by atoms with E-state index in [2.05, 4.69) is 15.2 Å². The molecule has 1 aliphatic heterocycles. The summed E-state index contributed by atoms with van der Waals surface area (Å²) in [6.45, 7) is 4.10. The smallest absolute Gasteiger partial charge is 0.250 e. The monoisotopic (exact) mass is 351 g/mol. The summed E-state index contributed by atoms with van der Waals surface area (Å²) in [5.41, 5.74) is 1.69. The Morgan fingerprint density at radius 3 is 3.00 bits per heavy atom. The Kier molecular flexibility index (Phi) is 5.97. The van der Waals surface area contributed by atoms with Crippen molar-refractivity contribution in [3.05, 3.63) is 18.2 Å². The van der Waals surface area contributed by atoms with Crippen LogP contribution in [0.1, 0.15) is 0 Å². The van der Waals surface area contributed by atoms with Crippen molar-refractivity contribution in [2.75, 3.05) is 63.5 Å². The molecule has 1 aromatic heterocycles. The van der Waals surface area contributed by atoms with Gasteiger partial charge in [0.1, 0.15) is 6.61 Å². The number of nitrogens with zero attached hydrogens (tertiary/aromatic N) is 2. The molecule has 0 aliphatic carbocycles. The molecular formula is C16H21N3O4S. The van der Waals surface area contributed by atoms with Gasteiger partial charge in [-0.05, 0) is 18.2 Å². The van der Waals surface area contributed by atoms with Gasteiger partial charge in [-0.2, -0.15) is 0 Å². The van der Waals surface area contributed by atoms with E-state index < -0.39 is 0 Å². The minimum Gasteiger partial charge on any atom is -0.382 e. The van der Waals surface area contributed by atoms with Crippen LogP contribution in [-0.4, -0.2) is 64.1 Å². The summed E-state index contributed by atoms with van der Waals surface area (Å²) in [6.07, 6.45) is 0. The van der Waals surface area contributed by atoms with Gasteiger partial charge < -0.3 is 24.4 Å². The lowest BCUT2D eigenvalue weighted by molar-refractivity contribution is -0.121. The Morgan fingerprint density at radius 1 is 1.38 bits per heavy atom. The van der Waals surface area contributed by atoms with Crippen LogP contribution in [0.15, 0.2) is 18.2 Å². The molecule has 1 amide bonds. The SMILES string of the molecule is COCCOCC(=O)Nc1ccc2nc(N3CCOCC3)sc2c1. The Balaban J connectivity index is 1.61. The average Bonchev–Trinajstić information content (AvgIpc) is 3.03. The van der Waals surface area contributed by atoms with Crippen LogP contribution < -0.4 is 10.2 Å². The molecule has 0 bridgehead atoms. The third kappa shape index (κ3) is 4.41. The molecule has 0 atom stereocenters. The Labute approximate surface area is 144 Å². The number of nitrogens with one attached hydrogen (secondary N) is 1. The number of thiazole rings is 1. The van der Waals surface area contributed by atoms with Crippen molar-refractivity contribution in [1.82, 2.24) is 4.98 Å². The molecule has 24 heavy (non-hydrogen) atoms. The zero-order valence-electron chi connectivity index (χ0n) is 13.6. The number of morpholine rings is 1. The van der Waals surface area contributed by atoms with Gasteiger partial charge in [-0.3, -0.25) is 4.79 Å². The van der Waals surface area contributed by atoms with Gasteiger partial charge in [-0.15, -0.1) is 0 Å². The average molecular weight is 351 g/mol. The van der Waals surface area contributed by atoms with E-state index in [1.807, 2.05) is 18.2 Å². The number of fused-ring (bicyclic) bond motifs is 1. The Morgan fingerprint density at radius 2 is 2.21 bits per heavy atom. The summed E-state index contributed by atoms with van der Waals surface area (Å²) in [5.74, 6) is -0.177. The van der Waals surface area contributed by atoms with E-state index in [1.54, 1.807) is 18.4 Å². The molecule has 0 saturated carbocycles. The van der Waals surface area contributed by atoms with Gasteiger partial charge >= 0.3 is 0 Å². The van der Waals surface area contributed by atoms with Gasteiger partial charge in [0.15, 0.2) is 5.13 Å². The highest BCUT2D eigenvalue weighted by molar-refractivity contribution is 7.22. The van der Waals surface area contributed by atoms with E-state index in [-0.39, 0.29) is 12.5 Å². The molecule has 1 fully saturated rings. The van der Waals surface area contributed by atoms with Crippen molar-refractivity contribution in [3.63, 3.8) is 0 Å². The van der Waals surface area contributed by atoms with Crippen LogP contribution >= 0.6 is 11.3 Å². The lowest BCUT2D eigenvalue weighted by Crippen LogP contribution is -2.36. The number of rotatable bonds is 7. The number of hydrogen-bond donors (Lipinski definition) is 1. The van der Waals surface area contributed by atoms with Gasteiger partial charge in [0.2, 0.25) is 5.91 Å². The molecule has 0 radical (unpaired) electrons. The maximum atomic E-state index is 11.9. The van der Waals surface area contributed by atoms with Crippen LogP contribution in [0.3, 0.4) is 0 Å². The molecule has 1 aromatic carbocycles. The fraction of sp³-hybridized carbons (Fsp3) is 0.500. The first-order valence-electron chi connectivity index (χ1n) is 7.86. The van der Waals surface area contributed by atoms with Crippen LogP contribution in [0.5, 0.6) is 0 Å². The molecule has 0 spiro atoms. The molecular weight excluding hydrogens is 330 g/mol. The fourth-order valence-electron chi connectivity index (χ4n) is 2.38. The lowest BCUT2D eigenvalue weighted by atomic mass is 10.3. The quantitative estimate of drug-likeness (QED) is 0.766. The summed E-state index contributed by atoms with van der Waals surface area (Å²) in [6, 6.07) is 5.74. The zero-order valence-corrected chi connectivity index (χ0v) is 14.4. The zero-order chi connectivity index (χ0) is 16.8. The minimum atomic E-state index is -0.177. The topological polar surface area (TPSA) is 72.9 Å². The van der Waals surface area contributed by atoms with Crippen LogP contribution in [0.4, 0.5) is 10.8 Å². The second-order valence-corrected chi connectivity index (χ2v) is 6.38. The summed E-state index contributed by atoms with van der Waals surface area (Å²) in [4.78, 5) is 18.7. The first-order chi connectivity index (χ1) is 11.8. The number of carbonyl (C=O) groups excluding carboxylic acids is 1. The molecule has 0 unspecified atom stereocenters. The van der Waals surface area contributed by atoms with Crippen molar-refractivity contribution < 1.29 is 19.0 Å². The molecule has 2 aromatic rings. The number of aromatic nitrogens is 1. The summed E-state index contributed by atoms with van der Waals surface area (Å²) in [7, 11) is 1.60. The second-order valence-electron chi connectivity index (χ2n) is 5.37. The number of methoxy groups -OCH3 is 1. The second kappa shape index (κ2) is 8.39. The van der Waals surface area contributed by atoms with Gasteiger partial charge in [-0.1, -0.05) is 11.3 Å². The molecule has 8 heteroatoms. The Bertz CT molecular complexity index is 685. The number of ether oxygens (including phenoxy) is 3. The van der Waals surface area contributed by atoms with Crippen molar-refractivity contribution in [1.29, 1.82) is 0 Å². The first-order valence-corrected chi connectivity index (χ1v) is 8.68. The third-order valence-electron chi connectivity index (χ3n) is 3.61. The molecule has 130 valence electrons. The van der Waals surface area contributed by atoms with E-state index in [1.165, 1.54) is 0 Å². The largest absolute Gasteiger partial charge is 0.382 e. The predicted octanol–water partition coefficient (Wildman–Crippen LogP) is 1.73. The molecule has 2 heterocycles. The molecule has 3 rings (SSSR count). The van der Waals surface area contributed by atoms with E-state index in [0.717, 1.165) is 47.3 Å². The maximum absolute atomic E-state index is 11.9. The van der Waals surface area contributed by atoms with Crippen LogP contribution in [-0.2, 0) is 19.0 Å². The fourth-order valence-corrected chi connectivity index (χ4v) is 3.44. The lowest BCUT2D eigenvalue weighted by Gasteiger charge is -2.25.